The molecule has 0 aliphatic heterocycles. The molecule has 0 atom stereocenters. The number of hydrogen-bond donors (Lipinski definition) is 1. The quantitative estimate of drug-likeness (QED) is 0.771. The summed E-state index contributed by atoms with van der Waals surface area (Å²) in [5.41, 5.74) is 1.61. The molecule has 0 spiro atoms. The van der Waals surface area contributed by atoms with E-state index in [1.165, 1.54) is 0 Å². The molecule has 0 aliphatic carbocycles. The van der Waals surface area contributed by atoms with E-state index < -0.39 is 0 Å². The molecule has 19 heavy (non-hydrogen) atoms. The fourth-order valence-corrected chi connectivity index (χ4v) is 1.71. The van der Waals surface area contributed by atoms with Crippen molar-refractivity contribution in [3.8, 4) is 5.75 Å². The van der Waals surface area contributed by atoms with Crippen molar-refractivity contribution in [1.29, 1.82) is 0 Å². The number of methoxy groups -OCH3 is 1. The second kappa shape index (κ2) is 7.79. The van der Waals surface area contributed by atoms with Crippen LogP contribution in [0.15, 0.2) is 18.2 Å². The summed E-state index contributed by atoms with van der Waals surface area (Å²) in [6, 6.07) is 5.41. The monoisotopic (exact) mass is 265 g/mol. The second-order valence-electron chi connectivity index (χ2n) is 4.71. The molecule has 0 unspecified atom stereocenters. The van der Waals surface area contributed by atoms with Crippen molar-refractivity contribution in [3.63, 3.8) is 0 Å². The smallest absolute Gasteiger partial charge is 0.251 e. The molecule has 1 rings (SSSR count). The summed E-state index contributed by atoms with van der Waals surface area (Å²) < 4.78 is 10.6. The number of benzene rings is 1. The Morgan fingerprint density at radius 1 is 1.37 bits per heavy atom. The molecule has 4 heteroatoms. The Labute approximate surface area is 115 Å². The predicted octanol–water partition coefficient (Wildman–Crippen LogP) is 2.55. The van der Waals surface area contributed by atoms with Crippen LogP contribution in [0.1, 0.15) is 36.2 Å². The summed E-state index contributed by atoms with van der Waals surface area (Å²) in [5.74, 6) is 0.734. The van der Waals surface area contributed by atoms with Gasteiger partial charge in [-0.05, 0) is 51.0 Å². The number of amides is 1. The number of rotatable bonds is 7. The lowest BCUT2D eigenvalue weighted by molar-refractivity contribution is 0.0757. The second-order valence-corrected chi connectivity index (χ2v) is 4.71. The fourth-order valence-electron chi connectivity index (χ4n) is 1.71. The van der Waals surface area contributed by atoms with E-state index in [0.717, 1.165) is 17.7 Å². The Bertz CT molecular complexity index is 416. The fraction of sp³-hybridized carbons (Fsp3) is 0.533. The molecular weight excluding hydrogens is 242 g/mol. The Hall–Kier alpha value is -1.55. The normalized spacial score (nSPS) is 10.6. The highest BCUT2D eigenvalue weighted by atomic mass is 16.5. The molecule has 1 aromatic rings. The van der Waals surface area contributed by atoms with Gasteiger partial charge in [0.05, 0.1) is 13.2 Å². The van der Waals surface area contributed by atoms with Crippen LogP contribution in [0.25, 0.3) is 0 Å². The van der Waals surface area contributed by atoms with Gasteiger partial charge in [0.1, 0.15) is 5.75 Å². The van der Waals surface area contributed by atoms with Crippen LogP contribution in [0.2, 0.25) is 0 Å². The first-order chi connectivity index (χ1) is 9.04. The SMILES string of the molecule is COc1ccc(C(=O)NCCCOC(C)C)cc1C. The first-order valence-electron chi connectivity index (χ1n) is 6.59. The van der Waals surface area contributed by atoms with E-state index in [-0.39, 0.29) is 12.0 Å². The van der Waals surface area contributed by atoms with Crippen LogP contribution >= 0.6 is 0 Å². The van der Waals surface area contributed by atoms with E-state index in [9.17, 15) is 4.79 Å². The van der Waals surface area contributed by atoms with Crippen molar-refractivity contribution in [2.75, 3.05) is 20.3 Å². The van der Waals surface area contributed by atoms with Gasteiger partial charge < -0.3 is 14.8 Å². The van der Waals surface area contributed by atoms with E-state index in [1.807, 2.05) is 32.9 Å². The first kappa shape index (κ1) is 15.5. The maximum atomic E-state index is 11.9. The van der Waals surface area contributed by atoms with Crippen LogP contribution in [0.4, 0.5) is 0 Å². The zero-order valence-electron chi connectivity index (χ0n) is 12.2. The lowest BCUT2D eigenvalue weighted by Gasteiger charge is -2.09. The molecular formula is C15H23NO3. The summed E-state index contributed by atoms with van der Waals surface area (Å²) in [5, 5.41) is 2.88. The molecule has 1 aromatic carbocycles. The standard InChI is InChI=1S/C15H23NO3/c1-11(2)19-9-5-8-16-15(17)13-6-7-14(18-4)12(3)10-13/h6-7,10-11H,5,8-9H2,1-4H3,(H,16,17). The predicted molar refractivity (Wildman–Crippen MR) is 75.8 cm³/mol. The highest BCUT2D eigenvalue weighted by Gasteiger charge is 2.07. The van der Waals surface area contributed by atoms with Crippen LogP contribution in [0, 0.1) is 6.92 Å². The number of carbonyl (C=O) groups excluding carboxylic acids is 1. The van der Waals surface area contributed by atoms with Crippen molar-refractivity contribution >= 4 is 5.91 Å². The van der Waals surface area contributed by atoms with Gasteiger partial charge in [0.25, 0.3) is 5.91 Å². The molecule has 0 fully saturated rings. The van der Waals surface area contributed by atoms with Gasteiger partial charge in [0.15, 0.2) is 0 Å². The molecule has 0 bridgehead atoms. The minimum Gasteiger partial charge on any atom is -0.496 e. The van der Waals surface area contributed by atoms with E-state index in [4.69, 9.17) is 9.47 Å². The van der Waals surface area contributed by atoms with Crippen molar-refractivity contribution in [1.82, 2.24) is 5.32 Å². The summed E-state index contributed by atoms with van der Waals surface area (Å²) >= 11 is 0. The number of ether oxygens (including phenoxy) is 2. The van der Waals surface area contributed by atoms with Gasteiger partial charge in [-0.15, -0.1) is 0 Å². The lowest BCUT2D eigenvalue weighted by Crippen LogP contribution is -2.25. The third-order valence-electron chi connectivity index (χ3n) is 2.71. The number of carbonyl (C=O) groups is 1. The molecule has 1 N–H and O–H groups in total. The molecule has 0 saturated carbocycles. The van der Waals surface area contributed by atoms with Crippen LogP contribution in [-0.2, 0) is 4.74 Å². The van der Waals surface area contributed by atoms with Crippen LogP contribution in [0.5, 0.6) is 5.75 Å². The number of nitrogens with one attached hydrogen (secondary N) is 1. The van der Waals surface area contributed by atoms with Gasteiger partial charge in [-0.1, -0.05) is 0 Å². The van der Waals surface area contributed by atoms with Gasteiger partial charge in [-0.3, -0.25) is 4.79 Å². The van der Waals surface area contributed by atoms with Gasteiger partial charge in [-0.25, -0.2) is 0 Å². The van der Waals surface area contributed by atoms with Crippen LogP contribution in [0.3, 0.4) is 0 Å². The largest absolute Gasteiger partial charge is 0.496 e. The maximum Gasteiger partial charge on any atom is 0.251 e. The zero-order chi connectivity index (χ0) is 14.3. The molecule has 0 saturated heterocycles. The summed E-state index contributed by atoms with van der Waals surface area (Å²) in [6.07, 6.45) is 1.05. The van der Waals surface area contributed by atoms with Crippen molar-refractivity contribution in [2.45, 2.75) is 33.3 Å². The molecule has 4 nitrogen and oxygen atoms in total. The molecule has 106 valence electrons. The Morgan fingerprint density at radius 2 is 2.11 bits per heavy atom. The van der Waals surface area contributed by atoms with Gasteiger partial charge in [0, 0.05) is 18.7 Å². The topological polar surface area (TPSA) is 47.6 Å². The summed E-state index contributed by atoms with van der Waals surface area (Å²) in [4.78, 5) is 11.9. The van der Waals surface area contributed by atoms with E-state index >= 15 is 0 Å². The number of hydrogen-bond acceptors (Lipinski definition) is 3. The Balaban J connectivity index is 2.39. The minimum absolute atomic E-state index is 0.0599. The molecule has 1 amide bonds. The van der Waals surface area contributed by atoms with Crippen LogP contribution < -0.4 is 10.1 Å². The van der Waals surface area contributed by atoms with Gasteiger partial charge in [0.2, 0.25) is 0 Å². The first-order valence-corrected chi connectivity index (χ1v) is 6.59. The third kappa shape index (κ3) is 5.30. The van der Waals surface area contributed by atoms with E-state index in [1.54, 1.807) is 13.2 Å². The van der Waals surface area contributed by atoms with Crippen LogP contribution in [-0.4, -0.2) is 32.3 Å². The third-order valence-corrected chi connectivity index (χ3v) is 2.71. The molecule has 0 aromatic heterocycles. The van der Waals surface area contributed by atoms with E-state index in [2.05, 4.69) is 5.32 Å². The average molecular weight is 265 g/mol. The summed E-state index contributed by atoms with van der Waals surface area (Å²) in [6.45, 7) is 7.21. The zero-order valence-corrected chi connectivity index (χ0v) is 12.2. The highest BCUT2D eigenvalue weighted by molar-refractivity contribution is 5.94. The molecule has 0 heterocycles. The van der Waals surface area contributed by atoms with Crippen molar-refractivity contribution in [2.24, 2.45) is 0 Å². The van der Waals surface area contributed by atoms with Crippen molar-refractivity contribution < 1.29 is 14.3 Å². The maximum absolute atomic E-state index is 11.9. The van der Waals surface area contributed by atoms with Gasteiger partial charge >= 0.3 is 0 Å². The highest BCUT2D eigenvalue weighted by Crippen LogP contribution is 2.18. The molecule has 0 aliphatic rings. The summed E-state index contributed by atoms with van der Waals surface area (Å²) in [7, 11) is 1.62. The average Bonchev–Trinajstić information content (AvgIpc) is 2.37. The Kier molecular flexibility index (Phi) is 6.36. The lowest BCUT2D eigenvalue weighted by atomic mass is 10.1. The number of aryl methyl sites for hydroxylation is 1. The Morgan fingerprint density at radius 3 is 2.68 bits per heavy atom. The van der Waals surface area contributed by atoms with Crippen molar-refractivity contribution in [3.05, 3.63) is 29.3 Å². The van der Waals surface area contributed by atoms with Gasteiger partial charge in [-0.2, -0.15) is 0 Å². The minimum atomic E-state index is -0.0599. The molecule has 0 radical (unpaired) electrons. The van der Waals surface area contributed by atoms with E-state index in [0.29, 0.717) is 18.7 Å².